The van der Waals surface area contributed by atoms with Crippen LogP contribution in [0.1, 0.15) is 0 Å². The van der Waals surface area contributed by atoms with Crippen molar-refractivity contribution in [3.63, 3.8) is 0 Å². The molecule has 5 heteroatoms. The lowest BCUT2D eigenvalue weighted by molar-refractivity contribution is -0.131. The van der Waals surface area contributed by atoms with Crippen LogP contribution in [0, 0.1) is 0 Å². The lowest BCUT2D eigenvalue weighted by Crippen LogP contribution is -2.07. The fraction of sp³-hybridized carbons (Fsp3) is 0. The zero-order valence-electron chi connectivity index (χ0n) is 6.56. The third-order valence-corrected chi connectivity index (χ3v) is 1.85. The molecular weight excluding hydrogens is 190 g/mol. The summed E-state index contributed by atoms with van der Waals surface area (Å²) < 4.78 is 0. The van der Waals surface area contributed by atoms with Gasteiger partial charge in [-0.1, -0.05) is 0 Å². The van der Waals surface area contributed by atoms with Crippen molar-refractivity contribution >= 4 is 28.9 Å². The van der Waals surface area contributed by atoms with Gasteiger partial charge in [0.1, 0.15) is 0 Å². The average Bonchev–Trinajstić information content (AvgIpc) is 2.53. The molecule has 0 aliphatic heterocycles. The molecule has 0 aliphatic rings. The molecule has 0 fully saturated rings. The van der Waals surface area contributed by atoms with Crippen LogP contribution in [-0.2, 0) is 9.59 Å². The summed E-state index contributed by atoms with van der Waals surface area (Å²) in [5, 5.41) is 14.3. The minimum absolute atomic E-state index is 0.444. The first-order valence-corrected chi connectivity index (χ1v) is 4.37. The first-order chi connectivity index (χ1) is 6.18. The summed E-state index contributed by atoms with van der Waals surface area (Å²) >= 11 is 1.45. The number of carbonyl (C=O) groups is 2. The molecule has 68 valence electrons. The van der Waals surface area contributed by atoms with Gasteiger partial charge in [0.2, 0.25) is 5.91 Å². The molecule has 0 saturated heterocycles. The fourth-order valence-corrected chi connectivity index (χ4v) is 1.25. The summed E-state index contributed by atoms with van der Waals surface area (Å²) in [4.78, 5) is 21.0. The highest BCUT2D eigenvalue weighted by Gasteiger charge is 1.97. The number of amides is 1. The van der Waals surface area contributed by atoms with E-state index in [4.69, 9.17) is 5.11 Å². The number of aliphatic carboxylic acids is 1. The molecule has 0 atom stereocenters. The topological polar surface area (TPSA) is 66.4 Å². The van der Waals surface area contributed by atoms with E-state index in [0.717, 1.165) is 12.2 Å². The molecule has 1 aromatic rings. The molecule has 1 heterocycles. The highest BCUT2D eigenvalue weighted by molar-refractivity contribution is 7.08. The molecule has 1 amide bonds. The third-order valence-electron chi connectivity index (χ3n) is 1.17. The maximum atomic E-state index is 11.0. The van der Waals surface area contributed by atoms with Crippen molar-refractivity contribution in [1.82, 2.24) is 0 Å². The predicted octanol–water partition coefficient (Wildman–Crippen LogP) is 1.33. The van der Waals surface area contributed by atoms with E-state index in [0.29, 0.717) is 5.69 Å². The molecular formula is C8H7NO3S. The Morgan fingerprint density at radius 1 is 1.46 bits per heavy atom. The van der Waals surface area contributed by atoms with E-state index in [9.17, 15) is 9.59 Å². The molecule has 0 aliphatic carbocycles. The standard InChI is InChI=1S/C8H7NO3S/c10-7(1-2-8(11)12)9-6-3-4-13-5-6/h1-5H,(H,9,10)(H,11,12). The van der Waals surface area contributed by atoms with Crippen molar-refractivity contribution < 1.29 is 14.7 Å². The summed E-state index contributed by atoms with van der Waals surface area (Å²) in [7, 11) is 0. The van der Waals surface area contributed by atoms with Crippen LogP contribution in [0.15, 0.2) is 29.0 Å². The third kappa shape index (κ3) is 3.53. The van der Waals surface area contributed by atoms with Crippen molar-refractivity contribution in [2.75, 3.05) is 5.32 Å². The zero-order valence-corrected chi connectivity index (χ0v) is 7.38. The first-order valence-electron chi connectivity index (χ1n) is 3.42. The Kier molecular flexibility index (Phi) is 3.22. The van der Waals surface area contributed by atoms with Gasteiger partial charge in [0, 0.05) is 17.5 Å². The van der Waals surface area contributed by atoms with Gasteiger partial charge in [-0.2, -0.15) is 11.3 Å². The fourth-order valence-electron chi connectivity index (χ4n) is 0.666. The largest absolute Gasteiger partial charge is 0.478 e. The average molecular weight is 197 g/mol. The second-order valence-electron chi connectivity index (χ2n) is 2.17. The number of carboxylic acids is 1. The van der Waals surface area contributed by atoms with Crippen molar-refractivity contribution in [3.8, 4) is 0 Å². The highest BCUT2D eigenvalue weighted by atomic mass is 32.1. The quantitative estimate of drug-likeness (QED) is 0.718. The molecule has 0 saturated carbocycles. The van der Waals surface area contributed by atoms with Gasteiger partial charge in [-0.15, -0.1) is 0 Å². The monoisotopic (exact) mass is 197 g/mol. The van der Waals surface area contributed by atoms with Crippen LogP contribution < -0.4 is 5.32 Å². The van der Waals surface area contributed by atoms with Gasteiger partial charge in [0.05, 0.1) is 5.69 Å². The lowest BCUT2D eigenvalue weighted by Gasteiger charge is -1.95. The summed E-state index contributed by atoms with van der Waals surface area (Å²) in [5.74, 6) is -1.58. The Morgan fingerprint density at radius 3 is 2.77 bits per heavy atom. The van der Waals surface area contributed by atoms with Gasteiger partial charge in [-0.3, -0.25) is 4.79 Å². The van der Waals surface area contributed by atoms with Gasteiger partial charge in [0.25, 0.3) is 0 Å². The summed E-state index contributed by atoms with van der Waals surface area (Å²) in [6, 6.07) is 1.73. The van der Waals surface area contributed by atoms with E-state index in [1.807, 2.05) is 5.38 Å². The van der Waals surface area contributed by atoms with Gasteiger partial charge >= 0.3 is 5.97 Å². The van der Waals surface area contributed by atoms with E-state index in [1.165, 1.54) is 11.3 Å². The van der Waals surface area contributed by atoms with Crippen LogP contribution in [0.2, 0.25) is 0 Å². The Balaban J connectivity index is 2.47. The van der Waals surface area contributed by atoms with Gasteiger partial charge < -0.3 is 10.4 Å². The second-order valence-corrected chi connectivity index (χ2v) is 2.95. The number of hydrogen-bond donors (Lipinski definition) is 2. The van der Waals surface area contributed by atoms with E-state index < -0.39 is 11.9 Å². The van der Waals surface area contributed by atoms with Gasteiger partial charge in [-0.25, -0.2) is 4.79 Å². The molecule has 1 aromatic heterocycles. The minimum Gasteiger partial charge on any atom is -0.478 e. The van der Waals surface area contributed by atoms with Crippen LogP contribution in [0.3, 0.4) is 0 Å². The van der Waals surface area contributed by atoms with Crippen molar-refractivity contribution in [1.29, 1.82) is 0 Å². The van der Waals surface area contributed by atoms with Crippen molar-refractivity contribution in [3.05, 3.63) is 29.0 Å². The zero-order chi connectivity index (χ0) is 9.68. The van der Waals surface area contributed by atoms with Crippen LogP contribution in [0.25, 0.3) is 0 Å². The Bertz CT molecular complexity index is 329. The van der Waals surface area contributed by atoms with Crippen molar-refractivity contribution in [2.45, 2.75) is 0 Å². The molecule has 0 radical (unpaired) electrons. The van der Waals surface area contributed by atoms with E-state index in [2.05, 4.69) is 5.32 Å². The Morgan fingerprint density at radius 2 is 2.23 bits per heavy atom. The number of hydrogen-bond acceptors (Lipinski definition) is 3. The summed E-state index contributed by atoms with van der Waals surface area (Å²) in [6.07, 6.45) is 1.77. The number of carboxylic acid groups (broad SMARTS) is 1. The molecule has 0 spiro atoms. The van der Waals surface area contributed by atoms with Crippen LogP contribution in [-0.4, -0.2) is 17.0 Å². The van der Waals surface area contributed by atoms with Gasteiger partial charge in [0.15, 0.2) is 0 Å². The predicted molar refractivity (Wildman–Crippen MR) is 49.7 cm³/mol. The molecule has 0 aromatic carbocycles. The van der Waals surface area contributed by atoms with E-state index in [-0.39, 0.29) is 0 Å². The number of nitrogens with one attached hydrogen (secondary N) is 1. The maximum Gasteiger partial charge on any atom is 0.328 e. The van der Waals surface area contributed by atoms with E-state index in [1.54, 1.807) is 11.4 Å². The molecule has 0 unspecified atom stereocenters. The summed E-state index contributed by atoms with van der Waals surface area (Å²) in [5.41, 5.74) is 0.671. The van der Waals surface area contributed by atoms with Crippen molar-refractivity contribution in [2.24, 2.45) is 0 Å². The summed E-state index contributed by atoms with van der Waals surface area (Å²) in [6.45, 7) is 0. The first kappa shape index (κ1) is 9.47. The maximum absolute atomic E-state index is 11.0. The highest BCUT2D eigenvalue weighted by Crippen LogP contribution is 2.11. The molecule has 1 rings (SSSR count). The van der Waals surface area contributed by atoms with Crippen LogP contribution in [0.4, 0.5) is 5.69 Å². The number of thiophene rings is 1. The minimum atomic E-state index is -1.14. The lowest BCUT2D eigenvalue weighted by atomic mass is 10.4. The van der Waals surface area contributed by atoms with E-state index >= 15 is 0 Å². The number of rotatable bonds is 3. The number of anilines is 1. The molecule has 13 heavy (non-hydrogen) atoms. The molecule has 2 N–H and O–H groups in total. The van der Waals surface area contributed by atoms with Crippen LogP contribution in [0.5, 0.6) is 0 Å². The Hall–Kier alpha value is -1.62. The Labute approximate surface area is 78.5 Å². The number of carbonyl (C=O) groups excluding carboxylic acids is 1. The SMILES string of the molecule is O=C(O)C=CC(=O)Nc1ccsc1. The molecule has 0 bridgehead atoms. The van der Waals surface area contributed by atoms with Crippen LogP contribution >= 0.6 is 11.3 Å². The second kappa shape index (κ2) is 4.42. The van der Waals surface area contributed by atoms with Gasteiger partial charge in [-0.05, 0) is 11.4 Å². The smallest absolute Gasteiger partial charge is 0.328 e. The molecule has 4 nitrogen and oxygen atoms in total. The normalized spacial score (nSPS) is 10.2.